The van der Waals surface area contributed by atoms with Gasteiger partial charge in [-0.1, -0.05) is 11.6 Å². The minimum atomic E-state index is -0.474. The van der Waals surface area contributed by atoms with Gasteiger partial charge in [-0.2, -0.15) is 0 Å². The van der Waals surface area contributed by atoms with Gasteiger partial charge in [0, 0.05) is 13.6 Å². The van der Waals surface area contributed by atoms with Crippen LogP contribution in [0, 0.1) is 0 Å². The van der Waals surface area contributed by atoms with E-state index >= 15 is 0 Å². The standard InChI is InChI=1S/C10H13ClN4O2/c1-3-15(2)9(16)6-13-10(17)7-4-12-5-8(11)14-7/h4-5H,3,6H2,1-2H3,(H,13,17). The molecule has 0 aromatic carbocycles. The minimum Gasteiger partial charge on any atom is -0.345 e. The van der Waals surface area contributed by atoms with Gasteiger partial charge >= 0.3 is 0 Å². The van der Waals surface area contributed by atoms with Crippen molar-refractivity contribution in [2.24, 2.45) is 0 Å². The third-order valence-corrected chi connectivity index (χ3v) is 2.32. The third-order valence-electron chi connectivity index (χ3n) is 2.14. The molecule has 1 aromatic heterocycles. The predicted octanol–water partition coefficient (Wildman–Crippen LogP) is 0.338. The van der Waals surface area contributed by atoms with E-state index in [4.69, 9.17) is 11.6 Å². The van der Waals surface area contributed by atoms with Gasteiger partial charge < -0.3 is 10.2 Å². The van der Waals surface area contributed by atoms with Crippen molar-refractivity contribution in [3.05, 3.63) is 23.2 Å². The van der Waals surface area contributed by atoms with E-state index in [1.807, 2.05) is 6.92 Å². The Morgan fingerprint density at radius 2 is 2.18 bits per heavy atom. The number of carbonyl (C=O) groups is 2. The monoisotopic (exact) mass is 256 g/mol. The van der Waals surface area contributed by atoms with E-state index in [0.29, 0.717) is 6.54 Å². The lowest BCUT2D eigenvalue weighted by Crippen LogP contribution is -2.38. The van der Waals surface area contributed by atoms with E-state index in [1.54, 1.807) is 7.05 Å². The Balaban J connectivity index is 2.53. The van der Waals surface area contributed by atoms with Crippen LogP contribution in [-0.4, -0.2) is 46.8 Å². The highest BCUT2D eigenvalue weighted by Gasteiger charge is 2.11. The van der Waals surface area contributed by atoms with Crippen molar-refractivity contribution in [3.63, 3.8) is 0 Å². The maximum Gasteiger partial charge on any atom is 0.271 e. The quantitative estimate of drug-likeness (QED) is 0.843. The second-order valence-corrected chi connectivity index (χ2v) is 3.70. The second-order valence-electron chi connectivity index (χ2n) is 3.32. The van der Waals surface area contributed by atoms with E-state index in [-0.39, 0.29) is 23.3 Å². The van der Waals surface area contributed by atoms with Crippen molar-refractivity contribution in [3.8, 4) is 0 Å². The Hall–Kier alpha value is -1.69. The van der Waals surface area contributed by atoms with Crippen LogP contribution in [0.15, 0.2) is 12.4 Å². The second kappa shape index (κ2) is 6.15. The molecule has 0 spiro atoms. The van der Waals surface area contributed by atoms with Gasteiger partial charge in [-0.3, -0.25) is 14.6 Å². The molecule has 1 rings (SSSR count). The van der Waals surface area contributed by atoms with Gasteiger partial charge in [0.1, 0.15) is 10.8 Å². The first kappa shape index (κ1) is 13.4. The van der Waals surface area contributed by atoms with E-state index in [0.717, 1.165) is 0 Å². The van der Waals surface area contributed by atoms with Gasteiger partial charge in [0.05, 0.1) is 18.9 Å². The van der Waals surface area contributed by atoms with Crippen LogP contribution in [0.3, 0.4) is 0 Å². The summed E-state index contributed by atoms with van der Waals surface area (Å²) in [4.78, 5) is 32.0. The molecule has 92 valence electrons. The highest BCUT2D eigenvalue weighted by molar-refractivity contribution is 6.29. The number of carbonyl (C=O) groups excluding carboxylic acids is 2. The topological polar surface area (TPSA) is 75.2 Å². The van der Waals surface area contributed by atoms with Gasteiger partial charge in [0.25, 0.3) is 5.91 Å². The highest BCUT2D eigenvalue weighted by Crippen LogP contribution is 2.01. The summed E-state index contributed by atoms with van der Waals surface area (Å²) in [6.45, 7) is 2.37. The van der Waals surface area contributed by atoms with Crippen molar-refractivity contribution >= 4 is 23.4 Å². The molecule has 1 N–H and O–H groups in total. The summed E-state index contributed by atoms with van der Waals surface area (Å²) in [6.07, 6.45) is 2.61. The molecule has 0 aliphatic heterocycles. The lowest BCUT2D eigenvalue weighted by molar-refractivity contribution is -0.128. The van der Waals surface area contributed by atoms with Gasteiger partial charge in [-0.15, -0.1) is 0 Å². The number of nitrogens with one attached hydrogen (secondary N) is 1. The Morgan fingerprint density at radius 1 is 1.47 bits per heavy atom. The minimum absolute atomic E-state index is 0.0721. The molecule has 0 aliphatic rings. The number of hydrogen-bond acceptors (Lipinski definition) is 4. The summed E-state index contributed by atoms with van der Waals surface area (Å²) in [5.74, 6) is -0.645. The average molecular weight is 257 g/mol. The van der Waals surface area contributed by atoms with Gasteiger partial charge in [0.15, 0.2) is 0 Å². The fourth-order valence-electron chi connectivity index (χ4n) is 1.01. The van der Waals surface area contributed by atoms with Crippen molar-refractivity contribution in [1.82, 2.24) is 20.2 Å². The number of rotatable bonds is 4. The van der Waals surface area contributed by atoms with Crippen LogP contribution >= 0.6 is 11.6 Å². The number of nitrogens with zero attached hydrogens (tertiary/aromatic N) is 3. The Bertz CT molecular complexity index is 425. The molecule has 0 saturated heterocycles. The van der Waals surface area contributed by atoms with E-state index in [1.165, 1.54) is 17.3 Å². The molecule has 1 aromatic rings. The van der Waals surface area contributed by atoms with Crippen LogP contribution in [0.1, 0.15) is 17.4 Å². The SMILES string of the molecule is CCN(C)C(=O)CNC(=O)c1cncc(Cl)n1. The molecule has 0 unspecified atom stereocenters. The average Bonchev–Trinajstić information content (AvgIpc) is 2.34. The molecular weight excluding hydrogens is 244 g/mol. The van der Waals surface area contributed by atoms with Crippen LogP contribution in [-0.2, 0) is 4.79 Å². The summed E-state index contributed by atoms with van der Waals surface area (Å²) in [6, 6.07) is 0. The number of hydrogen-bond donors (Lipinski definition) is 1. The first-order valence-corrected chi connectivity index (χ1v) is 5.42. The van der Waals surface area contributed by atoms with Crippen molar-refractivity contribution in [1.29, 1.82) is 0 Å². The van der Waals surface area contributed by atoms with Gasteiger partial charge in [0.2, 0.25) is 5.91 Å². The highest BCUT2D eigenvalue weighted by atomic mass is 35.5. The predicted molar refractivity (Wildman–Crippen MR) is 62.7 cm³/mol. The van der Waals surface area contributed by atoms with Crippen LogP contribution in [0.4, 0.5) is 0 Å². The zero-order chi connectivity index (χ0) is 12.8. The Morgan fingerprint density at radius 3 is 2.76 bits per heavy atom. The fraction of sp³-hybridized carbons (Fsp3) is 0.400. The van der Waals surface area contributed by atoms with Gasteiger partial charge in [-0.05, 0) is 6.92 Å². The van der Waals surface area contributed by atoms with Crippen LogP contribution in [0.2, 0.25) is 5.15 Å². The van der Waals surface area contributed by atoms with Crippen molar-refractivity contribution < 1.29 is 9.59 Å². The summed E-state index contributed by atoms with van der Waals surface area (Å²) in [5, 5.41) is 2.58. The summed E-state index contributed by atoms with van der Waals surface area (Å²) >= 11 is 5.60. The van der Waals surface area contributed by atoms with E-state index < -0.39 is 5.91 Å². The molecule has 0 atom stereocenters. The summed E-state index contributed by atoms with van der Waals surface area (Å²) in [7, 11) is 1.66. The number of amides is 2. The molecule has 1 heterocycles. The smallest absolute Gasteiger partial charge is 0.271 e. The molecule has 7 heteroatoms. The Labute approximate surface area is 104 Å². The fourth-order valence-corrected chi connectivity index (χ4v) is 1.16. The summed E-state index contributed by atoms with van der Waals surface area (Å²) < 4.78 is 0. The maximum absolute atomic E-state index is 11.6. The summed E-state index contributed by atoms with van der Waals surface area (Å²) in [5.41, 5.74) is 0.0875. The molecule has 0 aliphatic carbocycles. The van der Waals surface area contributed by atoms with Crippen molar-refractivity contribution in [2.45, 2.75) is 6.92 Å². The largest absolute Gasteiger partial charge is 0.345 e. The van der Waals surface area contributed by atoms with Crippen LogP contribution < -0.4 is 5.32 Å². The zero-order valence-corrected chi connectivity index (χ0v) is 10.4. The third kappa shape index (κ3) is 3.99. The first-order valence-electron chi connectivity index (χ1n) is 5.04. The molecule has 0 radical (unpaired) electrons. The van der Waals surface area contributed by atoms with Crippen LogP contribution in [0.25, 0.3) is 0 Å². The molecule has 2 amide bonds. The molecule has 6 nitrogen and oxygen atoms in total. The maximum atomic E-state index is 11.6. The first-order chi connectivity index (χ1) is 8.04. The Kier molecular flexibility index (Phi) is 4.84. The number of halogens is 1. The molecule has 0 bridgehead atoms. The van der Waals surface area contributed by atoms with Gasteiger partial charge in [-0.25, -0.2) is 4.98 Å². The van der Waals surface area contributed by atoms with E-state index in [2.05, 4.69) is 15.3 Å². The number of likely N-dealkylation sites (N-methyl/N-ethyl adjacent to an activating group) is 1. The van der Waals surface area contributed by atoms with E-state index in [9.17, 15) is 9.59 Å². The molecule has 0 fully saturated rings. The van der Waals surface area contributed by atoms with Crippen molar-refractivity contribution in [2.75, 3.05) is 20.1 Å². The number of aromatic nitrogens is 2. The molecular formula is C10H13ClN4O2. The molecule has 0 saturated carbocycles. The lowest BCUT2D eigenvalue weighted by Gasteiger charge is -2.14. The molecule has 17 heavy (non-hydrogen) atoms. The zero-order valence-electron chi connectivity index (χ0n) is 9.61. The normalized spacial score (nSPS) is 9.82. The lowest BCUT2D eigenvalue weighted by atomic mass is 10.4. The van der Waals surface area contributed by atoms with Crippen LogP contribution in [0.5, 0.6) is 0 Å².